The third-order valence-electron chi connectivity index (χ3n) is 3.53. The Hall–Kier alpha value is -0.530. The van der Waals surface area contributed by atoms with Crippen LogP contribution in [-0.4, -0.2) is 11.9 Å². The van der Waals surface area contributed by atoms with Gasteiger partial charge < -0.3 is 5.32 Å². The molecule has 3 aliphatic rings. The van der Waals surface area contributed by atoms with Crippen molar-refractivity contribution in [1.82, 2.24) is 5.32 Å². The van der Waals surface area contributed by atoms with Crippen LogP contribution in [0.15, 0.2) is 0 Å². The topological polar surface area (TPSA) is 29.1 Å². The molecule has 1 amide bonds. The van der Waals surface area contributed by atoms with Crippen LogP contribution in [0.5, 0.6) is 0 Å². The highest BCUT2D eigenvalue weighted by molar-refractivity contribution is 5.87. The molecule has 2 bridgehead atoms. The van der Waals surface area contributed by atoms with Gasteiger partial charge in [-0.2, -0.15) is 0 Å². The number of hydrogen-bond donors (Lipinski definition) is 1. The molecule has 1 heterocycles. The fourth-order valence-corrected chi connectivity index (χ4v) is 3.04. The highest BCUT2D eigenvalue weighted by atomic mass is 16.2. The number of nitrogens with one attached hydrogen (secondary N) is 1. The molecule has 3 fully saturated rings. The Balaban J connectivity index is 1.95. The van der Waals surface area contributed by atoms with Gasteiger partial charge >= 0.3 is 0 Å². The first-order valence-electron chi connectivity index (χ1n) is 4.16. The van der Waals surface area contributed by atoms with E-state index in [-0.39, 0.29) is 0 Å². The summed E-state index contributed by atoms with van der Waals surface area (Å²) in [5, 5.41) is 3.00. The fraction of sp³-hybridized carbons (Fsp3) is 0.875. The van der Waals surface area contributed by atoms with Crippen molar-refractivity contribution in [2.24, 2.45) is 17.8 Å². The van der Waals surface area contributed by atoms with Crippen molar-refractivity contribution >= 4 is 5.91 Å². The maximum Gasteiger partial charge on any atom is 0.225 e. The van der Waals surface area contributed by atoms with Crippen LogP contribution in [0, 0.1) is 17.8 Å². The van der Waals surface area contributed by atoms with E-state index in [0.29, 0.717) is 17.9 Å². The zero-order valence-corrected chi connectivity index (χ0v) is 5.84. The largest absolute Gasteiger partial charge is 0.352 e. The van der Waals surface area contributed by atoms with Crippen LogP contribution in [0.1, 0.15) is 19.3 Å². The lowest BCUT2D eigenvalue weighted by atomic mass is 9.78. The predicted molar refractivity (Wildman–Crippen MR) is 36.3 cm³/mol. The quantitative estimate of drug-likeness (QED) is 0.485. The summed E-state index contributed by atoms with van der Waals surface area (Å²) in [6.07, 6.45) is 4.01. The van der Waals surface area contributed by atoms with Crippen LogP contribution >= 0.6 is 0 Å². The molecule has 2 nitrogen and oxygen atoms in total. The van der Waals surface area contributed by atoms with Crippen molar-refractivity contribution in [3.05, 3.63) is 0 Å². The second kappa shape index (κ2) is 1.39. The van der Waals surface area contributed by atoms with E-state index in [9.17, 15) is 4.79 Å². The first-order valence-corrected chi connectivity index (χ1v) is 4.16. The van der Waals surface area contributed by atoms with Gasteiger partial charge in [-0.25, -0.2) is 0 Å². The summed E-state index contributed by atoms with van der Waals surface area (Å²) in [7, 11) is 0. The van der Waals surface area contributed by atoms with E-state index in [1.165, 1.54) is 19.3 Å². The smallest absolute Gasteiger partial charge is 0.225 e. The molecule has 2 aliphatic carbocycles. The number of rotatable bonds is 0. The molecule has 2 heteroatoms. The predicted octanol–water partition coefficient (Wildman–Crippen LogP) is 0.531. The highest BCUT2D eigenvalue weighted by Gasteiger charge is 2.57. The van der Waals surface area contributed by atoms with Crippen molar-refractivity contribution in [2.75, 3.05) is 0 Å². The van der Waals surface area contributed by atoms with Gasteiger partial charge in [-0.1, -0.05) is 0 Å². The minimum absolute atomic E-state index is 0.331. The summed E-state index contributed by atoms with van der Waals surface area (Å²) in [6.45, 7) is 0. The van der Waals surface area contributed by atoms with Crippen LogP contribution in [0.25, 0.3) is 0 Å². The molecule has 1 aliphatic heterocycles. The Morgan fingerprint density at radius 3 is 2.70 bits per heavy atom. The molecule has 1 saturated heterocycles. The van der Waals surface area contributed by atoms with Gasteiger partial charge in [0.2, 0.25) is 5.91 Å². The molecule has 54 valence electrons. The van der Waals surface area contributed by atoms with Crippen LogP contribution in [0.2, 0.25) is 0 Å². The van der Waals surface area contributed by atoms with E-state index in [0.717, 1.165) is 11.8 Å². The zero-order chi connectivity index (χ0) is 6.72. The van der Waals surface area contributed by atoms with Crippen molar-refractivity contribution < 1.29 is 4.79 Å². The van der Waals surface area contributed by atoms with Gasteiger partial charge in [0, 0.05) is 6.04 Å². The van der Waals surface area contributed by atoms with E-state index in [4.69, 9.17) is 0 Å². The molecular formula is C8H11NO. The Labute approximate surface area is 60.0 Å². The Morgan fingerprint density at radius 2 is 2.10 bits per heavy atom. The molecule has 10 heavy (non-hydrogen) atoms. The van der Waals surface area contributed by atoms with Crippen LogP contribution in [-0.2, 0) is 4.79 Å². The lowest BCUT2D eigenvalue weighted by molar-refractivity contribution is -0.137. The Kier molecular flexibility index (Phi) is 0.715. The van der Waals surface area contributed by atoms with Crippen molar-refractivity contribution in [1.29, 1.82) is 0 Å². The van der Waals surface area contributed by atoms with E-state index in [1.807, 2.05) is 0 Å². The van der Waals surface area contributed by atoms with Gasteiger partial charge in [0.25, 0.3) is 0 Å². The molecule has 1 N–H and O–H groups in total. The number of carbonyl (C=O) groups excluding carboxylic acids is 1. The van der Waals surface area contributed by atoms with Gasteiger partial charge in [-0.15, -0.1) is 0 Å². The lowest BCUT2D eigenvalue weighted by Crippen LogP contribution is -2.60. The fourth-order valence-electron chi connectivity index (χ4n) is 3.04. The molecule has 0 spiro atoms. The van der Waals surface area contributed by atoms with Crippen LogP contribution in [0.3, 0.4) is 0 Å². The Bertz CT molecular complexity index is 199. The minimum atomic E-state index is 0.331. The summed E-state index contributed by atoms with van der Waals surface area (Å²) >= 11 is 0. The van der Waals surface area contributed by atoms with Crippen LogP contribution < -0.4 is 5.32 Å². The number of carbonyl (C=O) groups is 1. The van der Waals surface area contributed by atoms with Gasteiger partial charge in [-0.3, -0.25) is 4.79 Å². The van der Waals surface area contributed by atoms with Gasteiger partial charge in [0.05, 0.1) is 5.92 Å². The first-order chi connectivity index (χ1) is 4.86. The molecule has 0 aromatic rings. The molecule has 0 aromatic heterocycles. The van der Waals surface area contributed by atoms with Crippen LogP contribution in [0.4, 0.5) is 0 Å². The Morgan fingerprint density at radius 1 is 1.30 bits per heavy atom. The molecule has 2 saturated carbocycles. The van der Waals surface area contributed by atoms with Crippen molar-refractivity contribution in [3.63, 3.8) is 0 Å². The molecule has 4 atom stereocenters. The van der Waals surface area contributed by atoms with E-state index >= 15 is 0 Å². The highest BCUT2D eigenvalue weighted by Crippen LogP contribution is 2.51. The summed E-state index contributed by atoms with van der Waals surface area (Å²) < 4.78 is 0. The monoisotopic (exact) mass is 137 g/mol. The minimum Gasteiger partial charge on any atom is -0.352 e. The standard InChI is InChI=1S/C8H11NO/c10-8-6-4-1-2-5(3-4)7(6)9-8/h4-7H,1-3H2,(H,9,10)/t4-,5-,6?,7+/m0/s1. The van der Waals surface area contributed by atoms with Gasteiger partial charge in [-0.05, 0) is 31.1 Å². The summed E-state index contributed by atoms with van der Waals surface area (Å²) in [5.74, 6) is 2.40. The number of amides is 1. The van der Waals surface area contributed by atoms with E-state index < -0.39 is 0 Å². The van der Waals surface area contributed by atoms with E-state index in [1.54, 1.807) is 0 Å². The van der Waals surface area contributed by atoms with Crippen molar-refractivity contribution in [3.8, 4) is 0 Å². The number of hydrogen-bond acceptors (Lipinski definition) is 1. The first kappa shape index (κ1) is 5.16. The molecule has 0 radical (unpaired) electrons. The third kappa shape index (κ3) is 0.386. The zero-order valence-electron chi connectivity index (χ0n) is 5.84. The molecule has 3 rings (SSSR count). The normalized spacial score (nSPS) is 55.8. The maximum atomic E-state index is 11.0. The lowest BCUT2D eigenvalue weighted by Gasteiger charge is -2.39. The van der Waals surface area contributed by atoms with Crippen molar-refractivity contribution in [2.45, 2.75) is 25.3 Å². The molecule has 1 unspecified atom stereocenters. The van der Waals surface area contributed by atoms with Gasteiger partial charge in [0.15, 0.2) is 0 Å². The SMILES string of the molecule is O=C1N[C@H]2C1[C@H]1CC[C@H]2C1. The maximum absolute atomic E-state index is 11.0. The second-order valence-corrected chi connectivity index (χ2v) is 3.89. The second-order valence-electron chi connectivity index (χ2n) is 3.89. The van der Waals surface area contributed by atoms with E-state index in [2.05, 4.69) is 5.32 Å². The molecular weight excluding hydrogens is 126 g/mol. The average molecular weight is 137 g/mol. The van der Waals surface area contributed by atoms with Gasteiger partial charge in [0.1, 0.15) is 0 Å². The summed E-state index contributed by atoms with van der Waals surface area (Å²) in [5.41, 5.74) is 0. The summed E-state index contributed by atoms with van der Waals surface area (Å²) in [4.78, 5) is 11.0. The average Bonchev–Trinajstić information content (AvgIpc) is 2.40. The number of β-lactam (4-membered cyclic amide) rings is 1. The number of fused-ring (bicyclic) bond motifs is 5. The molecule has 0 aromatic carbocycles. The third-order valence-corrected chi connectivity index (χ3v) is 3.53. The summed E-state index contributed by atoms with van der Waals surface area (Å²) in [6, 6.07) is 0.603.